The molecule has 0 saturated heterocycles. The Morgan fingerprint density at radius 2 is 1.81 bits per heavy atom. The lowest BCUT2D eigenvalue weighted by molar-refractivity contribution is 0.489. The Kier molecular flexibility index (Phi) is 3.75. The number of thioether (sulfide) groups is 1. The molecule has 5 aromatic rings. The van der Waals surface area contributed by atoms with Crippen molar-refractivity contribution in [2.75, 3.05) is 0 Å². The van der Waals surface area contributed by atoms with Crippen molar-refractivity contribution >= 4 is 28.6 Å². The Balaban J connectivity index is 1.44. The molecule has 0 unspecified atom stereocenters. The fourth-order valence-electron chi connectivity index (χ4n) is 2.77. The summed E-state index contributed by atoms with van der Waals surface area (Å²) in [6, 6.07) is 18.7. The molecule has 0 aliphatic carbocycles. The average Bonchev–Trinajstić information content (AvgIpc) is 3.31. The molecular formula is C19H13N5O2S. The van der Waals surface area contributed by atoms with E-state index in [9.17, 15) is 4.79 Å². The minimum Gasteiger partial charge on any atom is -0.431 e. The number of rotatable bonds is 4. The van der Waals surface area contributed by atoms with Crippen LogP contribution in [0, 0.1) is 0 Å². The van der Waals surface area contributed by atoms with Crippen molar-refractivity contribution in [3.63, 3.8) is 0 Å². The maximum Gasteiger partial charge on any atom is 0.274 e. The van der Waals surface area contributed by atoms with E-state index in [1.54, 1.807) is 0 Å². The zero-order chi connectivity index (χ0) is 18.2. The molecule has 3 heterocycles. The number of hydrogen-bond donors (Lipinski definition) is 1. The molecule has 0 aliphatic heterocycles. The second-order valence-electron chi connectivity index (χ2n) is 5.90. The van der Waals surface area contributed by atoms with Gasteiger partial charge in [-0.3, -0.25) is 9.89 Å². The van der Waals surface area contributed by atoms with Crippen molar-refractivity contribution in [2.45, 2.75) is 11.0 Å². The van der Waals surface area contributed by atoms with E-state index in [-0.39, 0.29) is 5.56 Å². The van der Waals surface area contributed by atoms with Gasteiger partial charge in [-0.25, -0.2) is 9.97 Å². The van der Waals surface area contributed by atoms with Crippen LogP contribution in [-0.2, 0) is 5.75 Å². The Morgan fingerprint density at radius 1 is 1.00 bits per heavy atom. The van der Waals surface area contributed by atoms with Gasteiger partial charge in [-0.1, -0.05) is 54.2 Å². The molecule has 0 radical (unpaired) electrons. The van der Waals surface area contributed by atoms with Crippen molar-refractivity contribution in [2.24, 2.45) is 0 Å². The van der Waals surface area contributed by atoms with E-state index in [1.165, 1.54) is 22.3 Å². The standard InChI is InChI=1S/C19H13N5O2S/c25-16-10-13(11-27-19-21-14-8-4-5-9-15(14)26-19)20-18-22-17(23-24(16)18)12-6-2-1-3-7-12/h1-10H,11H2,(H,20,22,23). The molecule has 0 fully saturated rings. The minimum absolute atomic E-state index is 0.206. The fraction of sp³-hybridized carbons (Fsp3) is 0.0526. The van der Waals surface area contributed by atoms with E-state index < -0.39 is 0 Å². The summed E-state index contributed by atoms with van der Waals surface area (Å²) in [5.74, 6) is 1.41. The Hall–Kier alpha value is -3.39. The molecule has 0 amide bonds. The van der Waals surface area contributed by atoms with Crippen LogP contribution in [0.15, 0.2) is 75.1 Å². The molecule has 1 N–H and O–H groups in total. The number of benzene rings is 2. The molecule has 2 aromatic carbocycles. The SMILES string of the molecule is O=c1cc(CSc2nc3ccccc3o2)nc2nc(-c3ccccc3)[nH]n12. The van der Waals surface area contributed by atoms with E-state index in [2.05, 4.69) is 20.1 Å². The van der Waals surface area contributed by atoms with Crippen molar-refractivity contribution in [3.05, 3.63) is 76.7 Å². The number of nitrogens with one attached hydrogen (secondary N) is 1. The molecule has 8 heteroatoms. The predicted molar refractivity (Wildman–Crippen MR) is 103 cm³/mol. The van der Waals surface area contributed by atoms with Gasteiger partial charge in [0.1, 0.15) is 5.52 Å². The maximum absolute atomic E-state index is 12.4. The smallest absolute Gasteiger partial charge is 0.274 e. The number of para-hydroxylation sites is 2. The number of H-pyrrole nitrogens is 1. The van der Waals surface area contributed by atoms with Crippen LogP contribution < -0.4 is 5.56 Å². The molecule has 5 rings (SSSR count). The van der Waals surface area contributed by atoms with Gasteiger partial charge in [-0.2, -0.15) is 9.50 Å². The van der Waals surface area contributed by atoms with E-state index in [0.717, 1.165) is 16.7 Å². The third kappa shape index (κ3) is 3.00. The van der Waals surface area contributed by atoms with Gasteiger partial charge in [0.15, 0.2) is 11.4 Å². The van der Waals surface area contributed by atoms with Gasteiger partial charge in [0.2, 0.25) is 0 Å². The topological polar surface area (TPSA) is 89.1 Å². The van der Waals surface area contributed by atoms with E-state index >= 15 is 0 Å². The van der Waals surface area contributed by atoms with Crippen LogP contribution in [0.5, 0.6) is 0 Å². The van der Waals surface area contributed by atoms with Gasteiger partial charge in [-0.15, -0.1) is 0 Å². The second kappa shape index (κ2) is 6.40. The first kappa shape index (κ1) is 15.8. The molecule has 0 atom stereocenters. The van der Waals surface area contributed by atoms with Crippen LogP contribution in [0.25, 0.3) is 28.3 Å². The van der Waals surface area contributed by atoms with Crippen molar-refractivity contribution < 1.29 is 4.42 Å². The molecule has 27 heavy (non-hydrogen) atoms. The van der Waals surface area contributed by atoms with Crippen LogP contribution in [0.1, 0.15) is 5.69 Å². The first-order valence-electron chi connectivity index (χ1n) is 8.29. The summed E-state index contributed by atoms with van der Waals surface area (Å²) in [6.45, 7) is 0. The lowest BCUT2D eigenvalue weighted by Gasteiger charge is -1.97. The summed E-state index contributed by atoms with van der Waals surface area (Å²) in [4.78, 5) is 25.7. The van der Waals surface area contributed by atoms with Gasteiger partial charge < -0.3 is 4.42 Å². The molecule has 132 valence electrons. The maximum atomic E-state index is 12.4. The Bertz CT molecular complexity index is 1270. The first-order valence-corrected chi connectivity index (χ1v) is 9.27. The number of hydrogen-bond acceptors (Lipinski definition) is 6. The lowest BCUT2D eigenvalue weighted by Crippen LogP contribution is -2.15. The van der Waals surface area contributed by atoms with Crippen LogP contribution >= 0.6 is 11.8 Å². The van der Waals surface area contributed by atoms with Crippen LogP contribution in [0.2, 0.25) is 0 Å². The van der Waals surface area contributed by atoms with Crippen molar-refractivity contribution in [1.29, 1.82) is 0 Å². The number of aromatic amines is 1. The highest BCUT2D eigenvalue weighted by Gasteiger charge is 2.11. The largest absolute Gasteiger partial charge is 0.431 e. The summed E-state index contributed by atoms with van der Waals surface area (Å²) >= 11 is 1.39. The van der Waals surface area contributed by atoms with E-state index in [4.69, 9.17) is 4.42 Å². The van der Waals surface area contributed by atoms with Crippen molar-refractivity contribution in [1.82, 2.24) is 24.6 Å². The normalized spacial score (nSPS) is 11.4. The van der Waals surface area contributed by atoms with Crippen molar-refractivity contribution in [3.8, 4) is 11.4 Å². The molecular weight excluding hydrogens is 362 g/mol. The molecule has 0 bridgehead atoms. The zero-order valence-electron chi connectivity index (χ0n) is 14.0. The van der Waals surface area contributed by atoms with E-state index in [1.807, 2.05) is 54.6 Å². The van der Waals surface area contributed by atoms with E-state index in [0.29, 0.717) is 28.3 Å². The van der Waals surface area contributed by atoms with Gasteiger partial charge >= 0.3 is 0 Å². The third-order valence-electron chi connectivity index (χ3n) is 4.05. The Morgan fingerprint density at radius 3 is 2.67 bits per heavy atom. The summed E-state index contributed by atoms with van der Waals surface area (Å²) in [5.41, 5.74) is 2.86. The molecule has 0 saturated carbocycles. The van der Waals surface area contributed by atoms with Crippen LogP contribution in [-0.4, -0.2) is 24.6 Å². The summed E-state index contributed by atoms with van der Waals surface area (Å²) < 4.78 is 7.03. The zero-order valence-corrected chi connectivity index (χ0v) is 14.8. The summed E-state index contributed by atoms with van der Waals surface area (Å²) in [5, 5.41) is 3.54. The molecule has 7 nitrogen and oxygen atoms in total. The number of aromatic nitrogens is 5. The molecule has 0 spiro atoms. The van der Waals surface area contributed by atoms with Gasteiger partial charge in [0, 0.05) is 17.4 Å². The molecule has 0 aliphatic rings. The second-order valence-corrected chi connectivity index (χ2v) is 6.82. The third-order valence-corrected chi connectivity index (χ3v) is 4.91. The average molecular weight is 375 g/mol. The van der Waals surface area contributed by atoms with Crippen LogP contribution in [0.3, 0.4) is 0 Å². The number of nitrogens with zero attached hydrogens (tertiary/aromatic N) is 4. The summed E-state index contributed by atoms with van der Waals surface area (Å²) in [6.07, 6.45) is 0. The number of oxazole rings is 1. The van der Waals surface area contributed by atoms with Crippen LogP contribution in [0.4, 0.5) is 0 Å². The lowest BCUT2D eigenvalue weighted by atomic mass is 10.2. The highest BCUT2D eigenvalue weighted by molar-refractivity contribution is 7.98. The molecule has 3 aromatic heterocycles. The number of fused-ring (bicyclic) bond motifs is 2. The predicted octanol–water partition coefficient (Wildman–Crippen LogP) is 3.52. The summed E-state index contributed by atoms with van der Waals surface area (Å²) in [7, 11) is 0. The Labute approximate surface area is 157 Å². The highest BCUT2D eigenvalue weighted by atomic mass is 32.2. The van der Waals surface area contributed by atoms with Gasteiger partial charge in [0.25, 0.3) is 16.6 Å². The first-order chi connectivity index (χ1) is 13.3. The monoisotopic (exact) mass is 375 g/mol. The van der Waals surface area contributed by atoms with Gasteiger partial charge in [-0.05, 0) is 12.1 Å². The van der Waals surface area contributed by atoms with Gasteiger partial charge in [0.05, 0.1) is 5.69 Å². The minimum atomic E-state index is -0.206. The quantitative estimate of drug-likeness (QED) is 0.484. The fourth-order valence-corrected chi connectivity index (χ4v) is 3.51. The highest BCUT2D eigenvalue weighted by Crippen LogP contribution is 2.25.